The third-order valence-corrected chi connectivity index (χ3v) is 3.46. The highest BCUT2D eigenvalue weighted by molar-refractivity contribution is 5.88. The number of hydrogen-bond acceptors (Lipinski definition) is 5. The average Bonchev–Trinajstić information content (AvgIpc) is 2.96. The third kappa shape index (κ3) is 2.64. The molecule has 0 atom stereocenters. The summed E-state index contributed by atoms with van der Waals surface area (Å²) in [5, 5.41) is 13.2. The van der Waals surface area contributed by atoms with Crippen LogP contribution < -0.4 is 4.74 Å². The lowest BCUT2D eigenvalue weighted by molar-refractivity contribution is 0.0696. The Bertz CT molecular complexity index is 873. The molecule has 1 aromatic carbocycles. The molecule has 0 fully saturated rings. The number of carboxylic acids is 1. The molecular formula is C16H14N4O3. The maximum atomic E-state index is 11.1. The van der Waals surface area contributed by atoms with E-state index in [2.05, 4.69) is 15.1 Å². The average molecular weight is 310 g/mol. The second-order valence-electron chi connectivity index (χ2n) is 4.80. The Labute approximate surface area is 132 Å². The first-order valence-corrected chi connectivity index (χ1v) is 6.86. The number of hydrogen-bond donors (Lipinski definition) is 1. The fourth-order valence-corrected chi connectivity index (χ4v) is 2.28. The Balaban J connectivity index is 2.09. The van der Waals surface area contributed by atoms with Crippen LogP contribution >= 0.6 is 0 Å². The highest BCUT2D eigenvalue weighted by Crippen LogP contribution is 2.28. The van der Waals surface area contributed by atoms with Gasteiger partial charge in [0.15, 0.2) is 0 Å². The van der Waals surface area contributed by atoms with Gasteiger partial charge in [-0.25, -0.2) is 19.4 Å². The Hall–Kier alpha value is -3.22. The van der Waals surface area contributed by atoms with Crippen LogP contribution in [0.3, 0.4) is 0 Å². The zero-order valence-electron chi connectivity index (χ0n) is 12.6. The summed E-state index contributed by atoms with van der Waals surface area (Å²) in [7, 11) is 1.59. The molecule has 0 bridgehead atoms. The largest absolute Gasteiger partial charge is 0.496 e. The van der Waals surface area contributed by atoms with Gasteiger partial charge in [0, 0.05) is 11.8 Å². The van der Waals surface area contributed by atoms with E-state index < -0.39 is 5.97 Å². The fourth-order valence-electron chi connectivity index (χ4n) is 2.28. The molecule has 0 radical (unpaired) electrons. The van der Waals surface area contributed by atoms with Crippen molar-refractivity contribution in [3.63, 3.8) is 0 Å². The van der Waals surface area contributed by atoms with Crippen molar-refractivity contribution in [3.05, 3.63) is 54.0 Å². The van der Waals surface area contributed by atoms with E-state index >= 15 is 0 Å². The minimum atomic E-state index is -1.03. The highest BCUT2D eigenvalue weighted by Gasteiger charge is 2.16. The first-order chi connectivity index (χ1) is 11.1. The van der Waals surface area contributed by atoms with Crippen molar-refractivity contribution < 1.29 is 14.6 Å². The van der Waals surface area contributed by atoms with E-state index in [0.29, 0.717) is 23.1 Å². The number of ether oxygens (including phenoxy) is 1. The number of aromatic nitrogens is 4. The number of carbonyl (C=O) groups is 1. The zero-order valence-corrected chi connectivity index (χ0v) is 12.6. The van der Waals surface area contributed by atoms with E-state index in [1.165, 1.54) is 10.9 Å². The monoisotopic (exact) mass is 310 g/mol. The van der Waals surface area contributed by atoms with Crippen LogP contribution in [-0.4, -0.2) is 37.9 Å². The Morgan fingerprint density at radius 2 is 2.04 bits per heavy atom. The second-order valence-corrected chi connectivity index (χ2v) is 4.80. The van der Waals surface area contributed by atoms with Gasteiger partial charge in [0.1, 0.15) is 11.3 Å². The summed E-state index contributed by atoms with van der Waals surface area (Å²) in [5.74, 6) is -0.0337. The fraction of sp³-hybridized carbons (Fsp3) is 0.125. The molecule has 0 aliphatic heterocycles. The maximum absolute atomic E-state index is 11.1. The maximum Gasteiger partial charge on any atom is 0.339 e. The van der Waals surface area contributed by atoms with Crippen LogP contribution in [0.25, 0.3) is 17.2 Å². The minimum Gasteiger partial charge on any atom is -0.496 e. The summed E-state index contributed by atoms with van der Waals surface area (Å²) in [6.07, 6.45) is 2.89. The van der Waals surface area contributed by atoms with Crippen LogP contribution in [0, 0.1) is 6.92 Å². The molecule has 7 heteroatoms. The molecular weight excluding hydrogens is 296 g/mol. The minimum absolute atomic E-state index is 0.122. The molecule has 7 nitrogen and oxygen atoms in total. The molecule has 2 heterocycles. The van der Waals surface area contributed by atoms with E-state index in [1.54, 1.807) is 26.3 Å². The lowest BCUT2D eigenvalue weighted by Gasteiger charge is -2.09. The van der Waals surface area contributed by atoms with Crippen LogP contribution in [0.5, 0.6) is 5.75 Å². The highest BCUT2D eigenvalue weighted by atomic mass is 16.5. The second kappa shape index (κ2) is 5.88. The van der Waals surface area contributed by atoms with Crippen molar-refractivity contribution in [2.24, 2.45) is 0 Å². The standard InChI is InChI=1S/C16H14N4O3/c1-10-12(15(21)22)9-18-20(10)16-17-8-7-13(19-16)11-5-3-4-6-14(11)23-2/h3-9H,1-2H3,(H,21,22). The van der Waals surface area contributed by atoms with Gasteiger partial charge in [-0.1, -0.05) is 12.1 Å². The van der Waals surface area contributed by atoms with Crippen molar-refractivity contribution in [2.45, 2.75) is 6.92 Å². The molecule has 3 rings (SSSR count). The number of aromatic carboxylic acids is 1. The van der Waals surface area contributed by atoms with E-state index in [-0.39, 0.29) is 5.56 Å². The Morgan fingerprint density at radius 3 is 2.74 bits per heavy atom. The van der Waals surface area contributed by atoms with E-state index in [9.17, 15) is 4.79 Å². The predicted octanol–water partition coefficient (Wildman–Crippen LogP) is 2.34. The summed E-state index contributed by atoms with van der Waals surface area (Å²) in [5.41, 5.74) is 2.08. The molecule has 0 unspecified atom stereocenters. The van der Waals surface area contributed by atoms with Crippen LogP contribution in [0.15, 0.2) is 42.7 Å². The quantitative estimate of drug-likeness (QED) is 0.795. The van der Waals surface area contributed by atoms with Gasteiger partial charge < -0.3 is 9.84 Å². The Morgan fingerprint density at radius 1 is 1.26 bits per heavy atom. The van der Waals surface area contributed by atoms with Crippen molar-refractivity contribution in [1.29, 1.82) is 0 Å². The van der Waals surface area contributed by atoms with Gasteiger partial charge in [-0.15, -0.1) is 0 Å². The summed E-state index contributed by atoms with van der Waals surface area (Å²) >= 11 is 0. The molecule has 2 aromatic heterocycles. The van der Waals surface area contributed by atoms with Crippen LogP contribution in [0.2, 0.25) is 0 Å². The van der Waals surface area contributed by atoms with Crippen LogP contribution in [0.4, 0.5) is 0 Å². The lowest BCUT2D eigenvalue weighted by Crippen LogP contribution is -2.07. The van der Waals surface area contributed by atoms with Crippen molar-refractivity contribution in [1.82, 2.24) is 19.7 Å². The number of rotatable bonds is 4. The molecule has 3 aromatic rings. The summed E-state index contributed by atoms with van der Waals surface area (Å²) in [4.78, 5) is 19.8. The first kappa shape index (κ1) is 14.7. The van der Waals surface area contributed by atoms with Gasteiger partial charge in [-0.2, -0.15) is 5.10 Å². The van der Waals surface area contributed by atoms with Gasteiger partial charge in [-0.3, -0.25) is 0 Å². The number of benzene rings is 1. The number of methoxy groups -OCH3 is 1. The van der Waals surface area contributed by atoms with Crippen LogP contribution in [0.1, 0.15) is 16.1 Å². The van der Waals surface area contributed by atoms with Gasteiger partial charge in [0.2, 0.25) is 0 Å². The topological polar surface area (TPSA) is 90.1 Å². The number of nitrogens with zero attached hydrogens (tertiary/aromatic N) is 4. The zero-order chi connectivity index (χ0) is 16.4. The SMILES string of the molecule is COc1ccccc1-c1ccnc(-n2ncc(C(=O)O)c2C)n1. The molecule has 0 aliphatic carbocycles. The smallest absolute Gasteiger partial charge is 0.339 e. The molecule has 0 saturated heterocycles. The van der Waals surface area contributed by atoms with Gasteiger partial charge in [-0.05, 0) is 25.1 Å². The van der Waals surface area contributed by atoms with Crippen molar-refractivity contribution >= 4 is 5.97 Å². The van der Waals surface area contributed by atoms with Gasteiger partial charge >= 0.3 is 5.97 Å². The number of para-hydroxylation sites is 1. The lowest BCUT2D eigenvalue weighted by atomic mass is 10.1. The molecule has 0 spiro atoms. The van der Waals surface area contributed by atoms with Gasteiger partial charge in [0.05, 0.1) is 24.7 Å². The Kier molecular flexibility index (Phi) is 3.76. The normalized spacial score (nSPS) is 10.5. The molecule has 116 valence electrons. The molecule has 0 saturated carbocycles. The van der Waals surface area contributed by atoms with E-state index in [0.717, 1.165) is 5.56 Å². The van der Waals surface area contributed by atoms with E-state index in [1.807, 2.05) is 24.3 Å². The summed E-state index contributed by atoms with van der Waals surface area (Å²) in [6.45, 7) is 1.66. The van der Waals surface area contributed by atoms with Crippen molar-refractivity contribution in [3.8, 4) is 23.0 Å². The van der Waals surface area contributed by atoms with Crippen LogP contribution in [-0.2, 0) is 0 Å². The predicted molar refractivity (Wildman–Crippen MR) is 82.8 cm³/mol. The summed E-state index contributed by atoms with van der Waals surface area (Å²) in [6, 6.07) is 9.27. The first-order valence-electron chi connectivity index (χ1n) is 6.86. The molecule has 23 heavy (non-hydrogen) atoms. The summed E-state index contributed by atoms with van der Waals surface area (Å²) < 4.78 is 6.75. The number of carboxylic acid groups (broad SMARTS) is 1. The third-order valence-electron chi connectivity index (χ3n) is 3.46. The van der Waals surface area contributed by atoms with Crippen molar-refractivity contribution in [2.75, 3.05) is 7.11 Å². The van der Waals surface area contributed by atoms with E-state index in [4.69, 9.17) is 9.84 Å². The molecule has 0 amide bonds. The van der Waals surface area contributed by atoms with Gasteiger partial charge in [0.25, 0.3) is 5.95 Å². The molecule has 0 aliphatic rings. The molecule has 1 N–H and O–H groups in total.